The van der Waals surface area contributed by atoms with Crippen LogP contribution in [-0.2, 0) is 5.92 Å². The van der Waals surface area contributed by atoms with Gasteiger partial charge in [0.15, 0.2) is 0 Å². The number of rotatable bonds is 7. The number of aryl methyl sites for hydroxylation is 1. The van der Waals surface area contributed by atoms with Gasteiger partial charge in [0, 0.05) is 23.7 Å². The first-order valence-corrected chi connectivity index (χ1v) is 11.0. The lowest BCUT2D eigenvalue weighted by molar-refractivity contribution is -0.0494. The average molecular weight is 497 g/mol. The summed E-state index contributed by atoms with van der Waals surface area (Å²) in [6, 6.07) is 19.0. The molecule has 9 heteroatoms. The molecule has 36 heavy (non-hydrogen) atoms. The van der Waals surface area contributed by atoms with E-state index in [4.69, 9.17) is 4.74 Å². The Morgan fingerprint density at radius 2 is 1.72 bits per heavy atom. The summed E-state index contributed by atoms with van der Waals surface area (Å²) in [6.07, 6.45) is 0. The van der Waals surface area contributed by atoms with Crippen LogP contribution in [0.15, 0.2) is 72.8 Å². The first kappa shape index (κ1) is 25.0. The van der Waals surface area contributed by atoms with Crippen molar-refractivity contribution < 1.29 is 27.1 Å². The van der Waals surface area contributed by atoms with Gasteiger partial charge in [-0.2, -0.15) is 13.9 Å². The van der Waals surface area contributed by atoms with E-state index in [0.717, 1.165) is 6.92 Å². The minimum Gasteiger partial charge on any atom is -0.434 e. The van der Waals surface area contributed by atoms with Gasteiger partial charge in [0.2, 0.25) is 0 Å². The smallest absolute Gasteiger partial charge is 0.387 e. The maximum Gasteiger partial charge on any atom is 0.387 e. The Morgan fingerprint density at radius 3 is 2.39 bits per heavy atom. The highest BCUT2D eigenvalue weighted by Gasteiger charge is 2.25. The van der Waals surface area contributed by atoms with Gasteiger partial charge in [0.25, 0.3) is 11.8 Å². The SMILES string of the molecule is Cc1nn(-c2ccc(OC(F)F)c(-c3ccccc3)c2)c(C)c1C(=O)Nc1cccc(C(C)(F)F)c1. The van der Waals surface area contributed by atoms with Crippen molar-refractivity contribution in [3.05, 3.63) is 95.3 Å². The molecule has 0 aliphatic heterocycles. The molecule has 0 aliphatic rings. The van der Waals surface area contributed by atoms with E-state index in [1.165, 1.54) is 35.0 Å². The van der Waals surface area contributed by atoms with E-state index in [9.17, 15) is 22.4 Å². The second kappa shape index (κ2) is 9.85. The number of nitrogens with zero attached hydrogens (tertiary/aromatic N) is 2. The van der Waals surface area contributed by atoms with Gasteiger partial charge in [-0.25, -0.2) is 13.5 Å². The number of benzene rings is 3. The van der Waals surface area contributed by atoms with Crippen LogP contribution in [0.1, 0.15) is 34.2 Å². The quantitative estimate of drug-likeness (QED) is 0.277. The number of anilines is 1. The zero-order valence-corrected chi connectivity index (χ0v) is 19.7. The number of aromatic nitrogens is 2. The van der Waals surface area contributed by atoms with Gasteiger partial charge in [0.05, 0.1) is 22.6 Å². The summed E-state index contributed by atoms with van der Waals surface area (Å²) in [6.45, 7) is 1.14. The highest BCUT2D eigenvalue weighted by molar-refractivity contribution is 6.06. The fraction of sp³-hybridized carbons (Fsp3) is 0.185. The van der Waals surface area contributed by atoms with Crippen LogP contribution in [0.5, 0.6) is 5.75 Å². The van der Waals surface area contributed by atoms with Gasteiger partial charge in [-0.05, 0) is 49.7 Å². The molecule has 0 spiro atoms. The summed E-state index contributed by atoms with van der Waals surface area (Å²) in [5.41, 5.74) is 2.82. The zero-order chi connectivity index (χ0) is 26.0. The average Bonchev–Trinajstić information content (AvgIpc) is 3.13. The number of nitrogens with one attached hydrogen (secondary N) is 1. The van der Waals surface area contributed by atoms with Crippen LogP contribution in [0.3, 0.4) is 0 Å². The van der Waals surface area contributed by atoms with Crippen molar-refractivity contribution in [1.29, 1.82) is 0 Å². The van der Waals surface area contributed by atoms with Crippen LogP contribution in [0.2, 0.25) is 0 Å². The van der Waals surface area contributed by atoms with Gasteiger partial charge in [0.1, 0.15) is 5.75 Å². The van der Waals surface area contributed by atoms with E-state index >= 15 is 0 Å². The van der Waals surface area contributed by atoms with Gasteiger partial charge >= 0.3 is 6.61 Å². The summed E-state index contributed by atoms with van der Waals surface area (Å²) >= 11 is 0. The van der Waals surface area contributed by atoms with Gasteiger partial charge in [-0.3, -0.25) is 4.79 Å². The topological polar surface area (TPSA) is 56.2 Å². The number of amides is 1. The molecule has 0 bridgehead atoms. The Labute approximate surface area is 205 Å². The first-order chi connectivity index (χ1) is 17.0. The molecule has 1 aromatic heterocycles. The highest BCUT2D eigenvalue weighted by Crippen LogP contribution is 2.34. The van der Waals surface area contributed by atoms with Crippen LogP contribution in [0.25, 0.3) is 16.8 Å². The summed E-state index contributed by atoms with van der Waals surface area (Å²) in [5, 5.41) is 7.13. The second-order valence-corrected chi connectivity index (χ2v) is 8.31. The van der Waals surface area contributed by atoms with Crippen LogP contribution in [0, 0.1) is 13.8 Å². The highest BCUT2D eigenvalue weighted by atomic mass is 19.3. The Hall–Kier alpha value is -4.14. The largest absolute Gasteiger partial charge is 0.434 e. The molecule has 0 radical (unpaired) electrons. The Kier molecular flexibility index (Phi) is 6.83. The standard InChI is InChI=1S/C27H23F4N3O2/c1-16-24(25(35)32-20-11-7-10-19(14-20)27(3,30)31)17(2)34(33-16)21-12-13-23(36-26(28)29)22(15-21)18-8-5-4-6-9-18/h4-15,26H,1-3H3,(H,32,35). The lowest BCUT2D eigenvalue weighted by Crippen LogP contribution is -2.15. The summed E-state index contributed by atoms with van der Waals surface area (Å²) in [5.74, 6) is -3.55. The summed E-state index contributed by atoms with van der Waals surface area (Å²) in [4.78, 5) is 13.1. The van der Waals surface area contributed by atoms with E-state index in [0.29, 0.717) is 28.2 Å². The number of hydrogen-bond acceptors (Lipinski definition) is 3. The minimum absolute atomic E-state index is 0.00653. The number of halogens is 4. The number of carbonyl (C=O) groups excluding carboxylic acids is 1. The molecule has 3 aromatic carbocycles. The van der Waals surface area contributed by atoms with Crippen molar-refractivity contribution in [3.8, 4) is 22.6 Å². The maximum absolute atomic E-state index is 13.7. The molecule has 5 nitrogen and oxygen atoms in total. The molecular weight excluding hydrogens is 474 g/mol. The van der Waals surface area contributed by atoms with Crippen LogP contribution in [-0.4, -0.2) is 22.3 Å². The van der Waals surface area contributed by atoms with Crippen LogP contribution in [0.4, 0.5) is 23.2 Å². The number of hydrogen-bond donors (Lipinski definition) is 1. The molecule has 0 saturated heterocycles. The third-order valence-electron chi connectivity index (χ3n) is 5.65. The molecule has 0 saturated carbocycles. The van der Waals surface area contributed by atoms with Crippen molar-refractivity contribution in [2.75, 3.05) is 5.32 Å². The lowest BCUT2D eigenvalue weighted by Gasteiger charge is -2.14. The van der Waals surface area contributed by atoms with Crippen molar-refractivity contribution in [3.63, 3.8) is 0 Å². The Balaban J connectivity index is 1.70. The monoisotopic (exact) mass is 497 g/mol. The molecule has 186 valence electrons. The molecule has 1 amide bonds. The van der Waals surface area contributed by atoms with Gasteiger partial charge < -0.3 is 10.1 Å². The molecule has 0 aliphatic carbocycles. The fourth-order valence-electron chi connectivity index (χ4n) is 3.98. The molecule has 0 atom stereocenters. The molecule has 4 aromatic rings. The zero-order valence-electron chi connectivity index (χ0n) is 19.7. The molecule has 1 heterocycles. The summed E-state index contributed by atoms with van der Waals surface area (Å²) in [7, 11) is 0. The molecule has 1 N–H and O–H groups in total. The van der Waals surface area contributed by atoms with E-state index in [2.05, 4.69) is 10.4 Å². The fourth-order valence-corrected chi connectivity index (χ4v) is 3.98. The summed E-state index contributed by atoms with van der Waals surface area (Å²) < 4.78 is 59.6. The first-order valence-electron chi connectivity index (χ1n) is 11.0. The predicted octanol–water partition coefficient (Wildman–Crippen LogP) is 7.12. The molecule has 0 fully saturated rings. The third-order valence-corrected chi connectivity index (χ3v) is 5.65. The van der Waals surface area contributed by atoms with Crippen molar-refractivity contribution >= 4 is 11.6 Å². The molecule has 4 rings (SSSR count). The van der Waals surface area contributed by atoms with E-state index < -0.39 is 18.4 Å². The lowest BCUT2D eigenvalue weighted by atomic mass is 10.0. The number of alkyl halides is 4. The Bertz CT molecular complexity index is 1400. The maximum atomic E-state index is 13.7. The number of ether oxygens (including phenoxy) is 1. The van der Waals surface area contributed by atoms with E-state index in [1.54, 1.807) is 50.2 Å². The Morgan fingerprint density at radius 1 is 1.00 bits per heavy atom. The minimum atomic E-state index is -3.05. The van der Waals surface area contributed by atoms with Crippen molar-refractivity contribution in [2.45, 2.75) is 33.3 Å². The van der Waals surface area contributed by atoms with Crippen LogP contribution >= 0.6 is 0 Å². The van der Waals surface area contributed by atoms with Crippen molar-refractivity contribution in [1.82, 2.24) is 9.78 Å². The molecular formula is C27H23F4N3O2. The van der Waals surface area contributed by atoms with E-state index in [1.807, 2.05) is 6.07 Å². The second-order valence-electron chi connectivity index (χ2n) is 8.31. The van der Waals surface area contributed by atoms with Gasteiger partial charge in [-0.1, -0.05) is 42.5 Å². The van der Waals surface area contributed by atoms with Crippen LogP contribution < -0.4 is 10.1 Å². The van der Waals surface area contributed by atoms with Crippen molar-refractivity contribution in [2.24, 2.45) is 0 Å². The molecule has 0 unspecified atom stereocenters. The predicted molar refractivity (Wildman–Crippen MR) is 129 cm³/mol. The third kappa shape index (κ3) is 5.25. The normalized spacial score (nSPS) is 11.6. The number of carbonyl (C=O) groups is 1. The van der Waals surface area contributed by atoms with E-state index in [-0.39, 0.29) is 22.6 Å². The van der Waals surface area contributed by atoms with Gasteiger partial charge in [-0.15, -0.1) is 0 Å².